The second kappa shape index (κ2) is 9.75. The zero-order chi connectivity index (χ0) is 20.6. The van der Waals surface area contributed by atoms with E-state index in [1.165, 1.54) is 11.8 Å². The molecule has 0 aromatic heterocycles. The maximum absolute atomic E-state index is 12.1. The van der Waals surface area contributed by atoms with Crippen LogP contribution in [0.3, 0.4) is 0 Å². The molecule has 0 bridgehead atoms. The number of nitrogens with zero attached hydrogens (tertiary/aromatic N) is 1. The van der Waals surface area contributed by atoms with Crippen molar-refractivity contribution in [3.8, 4) is 11.5 Å². The lowest BCUT2D eigenvalue weighted by Crippen LogP contribution is -2.17. The summed E-state index contributed by atoms with van der Waals surface area (Å²) in [5.74, 6) is 0.879. The molecule has 0 heterocycles. The Hall–Kier alpha value is -3.31. The highest BCUT2D eigenvalue weighted by atomic mass is 35.5. The van der Waals surface area contributed by atoms with Crippen LogP contribution >= 0.6 is 11.6 Å². The number of benzene rings is 3. The lowest BCUT2D eigenvalue weighted by molar-refractivity contribution is 0.0955. The molecular formula is C23H21ClN2O3. The van der Waals surface area contributed by atoms with Gasteiger partial charge >= 0.3 is 0 Å². The number of amides is 1. The second-order valence-electron chi connectivity index (χ2n) is 6.39. The van der Waals surface area contributed by atoms with E-state index in [0.717, 1.165) is 11.1 Å². The lowest BCUT2D eigenvalue weighted by atomic mass is 10.2. The van der Waals surface area contributed by atoms with Crippen LogP contribution in [0.2, 0.25) is 5.02 Å². The zero-order valence-electron chi connectivity index (χ0n) is 16.2. The second-order valence-corrected chi connectivity index (χ2v) is 6.83. The first-order valence-corrected chi connectivity index (χ1v) is 9.38. The van der Waals surface area contributed by atoms with Crippen LogP contribution in [0.4, 0.5) is 0 Å². The van der Waals surface area contributed by atoms with Crippen molar-refractivity contribution >= 4 is 23.7 Å². The van der Waals surface area contributed by atoms with Crippen molar-refractivity contribution in [2.24, 2.45) is 5.10 Å². The van der Waals surface area contributed by atoms with Crippen molar-refractivity contribution in [3.05, 3.63) is 94.0 Å². The molecule has 5 nitrogen and oxygen atoms in total. The van der Waals surface area contributed by atoms with E-state index in [9.17, 15) is 4.79 Å². The Morgan fingerprint density at radius 2 is 1.86 bits per heavy atom. The minimum Gasteiger partial charge on any atom is -0.493 e. The monoisotopic (exact) mass is 408 g/mol. The topological polar surface area (TPSA) is 59.9 Å². The summed E-state index contributed by atoms with van der Waals surface area (Å²) < 4.78 is 11.3. The number of nitrogens with one attached hydrogen (secondary N) is 1. The van der Waals surface area contributed by atoms with E-state index in [2.05, 4.69) is 10.5 Å². The summed E-state index contributed by atoms with van der Waals surface area (Å²) >= 11 is 5.89. The van der Waals surface area contributed by atoms with E-state index in [0.29, 0.717) is 28.7 Å². The number of hydrogen-bond acceptors (Lipinski definition) is 4. The van der Waals surface area contributed by atoms with Gasteiger partial charge in [-0.2, -0.15) is 5.10 Å². The molecule has 0 atom stereocenters. The molecule has 0 saturated heterocycles. The Kier molecular flexibility index (Phi) is 6.87. The lowest BCUT2D eigenvalue weighted by Gasteiger charge is -2.11. The fraction of sp³-hybridized carbons (Fsp3) is 0.130. The van der Waals surface area contributed by atoms with Crippen LogP contribution in [-0.2, 0) is 6.61 Å². The van der Waals surface area contributed by atoms with Gasteiger partial charge in [-0.3, -0.25) is 4.79 Å². The Bertz CT molecular complexity index is 1020. The summed E-state index contributed by atoms with van der Waals surface area (Å²) in [5, 5.41) is 4.48. The molecule has 0 radical (unpaired) electrons. The van der Waals surface area contributed by atoms with Crippen molar-refractivity contribution < 1.29 is 14.3 Å². The quantitative estimate of drug-likeness (QED) is 0.442. The van der Waals surface area contributed by atoms with Gasteiger partial charge in [0.05, 0.1) is 13.3 Å². The molecule has 0 aliphatic rings. The summed E-state index contributed by atoms with van der Waals surface area (Å²) in [6.07, 6.45) is 1.54. The largest absolute Gasteiger partial charge is 0.493 e. The van der Waals surface area contributed by atoms with Gasteiger partial charge in [0.25, 0.3) is 5.91 Å². The molecule has 3 rings (SSSR count). The Balaban J connectivity index is 1.62. The van der Waals surface area contributed by atoms with Gasteiger partial charge in [0, 0.05) is 10.6 Å². The number of aryl methyl sites for hydroxylation is 1. The molecule has 6 heteroatoms. The molecule has 0 aliphatic carbocycles. The van der Waals surface area contributed by atoms with E-state index in [1.54, 1.807) is 37.4 Å². The number of carbonyl (C=O) groups is 1. The summed E-state index contributed by atoms with van der Waals surface area (Å²) in [6.45, 7) is 2.49. The van der Waals surface area contributed by atoms with Crippen molar-refractivity contribution in [1.29, 1.82) is 0 Å². The minimum atomic E-state index is -0.339. The van der Waals surface area contributed by atoms with Crippen LogP contribution in [0.15, 0.2) is 71.8 Å². The molecular weight excluding hydrogens is 388 g/mol. The maximum atomic E-state index is 12.1. The van der Waals surface area contributed by atoms with Crippen LogP contribution in [-0.4, -0.2) is 19.2 Å². The van der Waals surface area contributed by atoms with Gasteiger partial charge in [0.2, 0.25) is 0 Å². The highest BCUT2D eigenvalue weighted by Gasteiger charge is 2.07. The Labute approximate surface area is 174 Å². The van der Waals surface area contributed by atoms with Gasteiger partial charge < -0.3 is 9.47 Å². The molecule has 0 saturated carbocycles. The third-order valence-electron chi connectivity index (χ3n) is 4.17. The standard InChI is InChI=1S/C23H21ClN2O3/c1-16-6-8-17(9-7-16)15-29-21-11-10-18(12-22(21)28-2)14-25-26-23(27)19-4-3-5-20(24)13-19/h3-14H,15H2,1-2H3,(H,26,27)/b25-14-. The number of halogens is 1. The average Bonchev–Trinajstić information content (AvgIpc) is 2.73. The van der Waals surface area contributed by atoms with Crippen LogP contribution < -0.4 is 14.9 Å². The summed E-state index contributed by atoms with van der Waals surface area (Å²) in [5.41, 5.74) is 5.96. The highest BCUT2D eigenvalue weighted by Crippen LogP contribution is 2.28. The fourth-order valence-electron chi connectivity index (χ4n) is 2.59. The molecule has 148 valence electrons. The summed E-state index contributed by atoms with van der Waals surface area (Å²) in [7, 11) is 1.58. The first-order chi connectivity index (χ1) is 14.0. The van der Waals surface area contributed by atoms with Gasteiger partial charge in [0.1, 0.15) is 6.61 Å². The van der Waals surface area contributed by atoms with Gasteiger partial charge in [-0.1, -0.05) is 47.5 Å². The van der Waals surface area contributed by atoms with Crippen LogP contribution in [0, 0.1) is 6.92 Å². The van der Waals surface area contributed by atoms with Gasteiger partial charge in [0.15, 0.2) is 11.5 Å². The first kappa shape index (κ1) is 20.4. The molecule has 1 amide bonds. The van der Waals surface area contributed by atoms with E-state index in [1.807, 2.05) is 43.3 Å². The van der Waals surface area contributed by atoms with Crippen LogP contribution in [0.25, 0.3) is 0 Å². The van der Waals surface area contributed by atoms with Crippen molar-refractivity contribution in [2.75, 3.05) is 7.11 Å². The van der Waals surface area contributed by atoms with Crippen LogP contribution in [0.5, 0.6) is 11.5 Å². The zero-order valence-corrected chi connectivity index (χ0v) is 16.9. The van der Waals surface area contributed by atoms with E-state index in [-0.39, 0.29) is 5.91 Å². The van der Waals surface area contributed by atoms with Crippen molar-refractivity contribution in [1.82, 2.24) is 5.43 Å². The van der Waals surface area contributed by atoms with Gasteiger partial charge in [-0.05, 0) is 54.4 Å². The fourth-order valence-corrected chi connectivity index (χ4v) is 2.78. The first-order valence-electron chi connectivity index (χ1n) is 9.00. The minimum absolute atomic E-state index is 0.339. The van der Waals surface area contributed by atoms with E-state index >= 15 is 0 Å². The number of methoxy groups -OCH3 is 1. The average molecular weight is 409 g/mol. The molecule has 3 aromatic carbocycles. The number of hydrazone groups is 1. The molecule has 0 unspecified atom stereocenters. The van der Waals surface area contributed by atoms with Crippen LogP contribution in [0.1, 0.15) is 27.0 Å². The normalized spacial score (nSPS) is 10.7. The smallest absolute Gasteiger partial charge is 0.271 e. The number of hydrogen-bond donors (Lipinski definition) is 1. The van der Waals surface area contributed by atoms with Gasteiger partial charge in [-0.15, -0.1) is 0 Å². The summed E-state index contributed by atoms with van der Waals surface area (Å²) in [6, 6.07) is 20.3. The molecule has 0 spiro atoms. The van der Waals surface area contributed by atoms with Crippen molar-refractivity contribution in [3.63, 3.8) is 0 Å². The predicted molar refractivity (Wildman–Crippen MR) is 115 cm³/mol. The highest BCUT2D eigenvalue weighted by molar-refractivity contribution is 6.30. The number of ether oxygens (including phenoxy) is 2. The maximum Gasteiger partial charge on any atom is 0.271 e. The summed E-state index contributed by atoms with van der Waals surface area (Å²) in [4.78, 5) is 12.1. The Morgan fingerprint density at radius 3 is 2.59 bits per heavy atom. The number of carbonyl (C=O) groups excluding carboxylic acids is 1. The van der Waals surface area contributed by atoms with Crippen molar-refractivity contribution in [2.45, 2.75) is 13.5 Å². The number of rotatable bonds is 7. The third kappa shape index (κ3) is 5.83. The van der Waals surface area contributed by atoms with Gasteiger partial charge in [-0.25, -0.2) is 5.43 Å². The molecule has 0 aliphatic heterocycles. The molecule has 3 aromatic rings. The molecule has 1 N–H and O–H groups in total. The molecule has 0 fully saturated rings. The molecule has 29 heavy (non-hydrogen) atoms. The third-order valence-corrected chi connectivity index (χ3v) is 4.40. The van der Waals surface area contributed by atoms with E-state index in [4.69, 9.17) is 21.1 Å². The predicted octanol–water partition coefficient (Wildman–Crippen LogP) is 5.00. The SMILES string of the molecule is COc1cc(/C=N\NC(=O)c2cccc(Cl)c2)ccc1OCc1ccc(C)cc1. The van der Waals surface area contributed by atoms with E-state index < -0.39 is 0 Å². The Morgan fingerprint density at radius 1 is 1.07 bits per heavy atom.